The number of benzene rings is 1. The number of carboxylic acids is 1. The molecule has 1 aromatic rings. The van der Waals surface area contributed by atoms with E-state index < -0.39 is 18.2 Å². The van der Waals surface area contributed by atoms with Crippen LogP contribution in [-0.2, 0) is 20.7 Å². The number of esters is 1. The zero-order chi connectivity index (χ0) is 13.5. The maximum Gasteiger partial charge on any atom is 0.340 e. The molecule has 0 radical (unpaired) electrons. The predicted octanol–water partition coefficient (Wildman–Crippen LogP) is 1.85. The second-order valence-electron chi connectivity index (χ2n) is 3.70. The summed E-state index contributed by atoms with van der Waals surface area (Å²) in [6.45, 7) is 3.88. The monoisotopic (exact) mass is 252 g/mol. The molecule has 5 heteroatoms. The van der Waals surface area contributed by atoms with E-state index in [0.717, 1.165) is 0 Å². The van der Waals surface area contributed by atoms with Gasteiger partial charge in [0.1, 0.15) is 0 Å². The van der Waals surface area contributed by atoms with Gasteiger partial charge in [-0.1, -0.05) is 12.1 Å². The fraction of sp³-hybridized carbons (Fsp3) is 0.385. The molecule has 0 fully saturated rings. The van der Waals surface area contributed by atoms with Crippen LogP contribution < -0.4 is 0 Å². The highest BCUT2D eigenvalue weighted by Gasteiger charge is 2.12. The molecule has 0 saturated heterocycles. The fourth-order valence-electron chi connectivity index (χ4n) is 1.47. The van der Waals surface area contributed by atoms with Gasteiger partial charge < -0.3 is 14.6 Å². The lowest BCUT2D eigenvalue weighted by atomic mass is 10.1. The molecule has 0 bridgehead atoms. The van der Waals surface area contributed by atoms with Crippen molar-refractivity contribution >= 4 is 11.9 Å². The summed E-state index contributed by atoms with van der Waals surface area (Å²) in [5.74, 6) is -1.47. The molecule has 0 spiro atoms. The maximum absolute atomic E-state index is 11.7. The second kappa shape index (κ2) is 6.76. The first kappa shape index (κ1) is 14.2. The summed E-state index contributed by atoms with van der Waals surface area (Å²) < 4.78 is 10.1. The Bertz CT molecular complexity index is 427. The summed E-state index contributed by atoms with van der Waals surface area (Å²) in [5.41, 5.74) is 0.876. The first-order chi connectivity index (χ1) is 8.52. The third-order valence-electron chi connectivity index (χ3n) is 2.19. The van der Waals surface area contributed by atoms with Crippen molar-refractivity contribution < 1.29 is 24.2 Å². The van der Waals surface area contributed by atoms with Crippen molar-refractivity contribution in [2.75, 3.05) is 6.61 Å². The molecule has 0 aliphatic heterocycles. The zero-order valence-corrected chi connectivity index (χ0v) is 10.4. The van der Waals surface area contributed by atoms with Gasteiger partial charge in [-0.3, -0.25) is 4.79 Å². The Morgan fingerprint density at radius 3 is 2.72 bits per heavy atom. The van der Waals surface area contributed by atoms with Crippen molar-refractivity contribution in [3.05, 3.63) is 35.4 Å². The molecule has 5 nitrogen and oxygen atoms in total. The van der Waals surface area contributed by atoms with Crippen LogP contribution in [0.5, 0.6) is 0 Å². The summed E-state index contributed by atoms with van der Waals surface area (Å²) in [5, 5.41) is 8.68. The van der Waals surface area contributed by atoms with Crippen LogP contribution in [0.2, 0.25) is 0 Å². The summed E-state index contributed by atoms with van der Waals surface area (Å²) in [6.07, 6.45) is -0.743. The van der Waals surface area contributed by atoms with E-state index in [-0.39, 0.29) is 6.42 Å². The Kier molecular flexibility index (Phi) is 5.32. The van der Waals surface area contributed by atoms with Crippen LogP contribution in [0.4, 0.5) is 0 Å². The average Bonchev–Trinajstić information content (AvgIpc) is 2.28. The van der Waals surface area contributed by atoms with Crippen LogP contribution in [0.3, 0.4) is 0 Å². The fourth-order valence-corrected chi connectivity index (χ4v) is 1.47. The van der Waals surface area contributed by atoms with E-state index in [2.05, 4.69) is 0 Å². The molecule has 1 N–H and O–H groups in total. The van der Waals surface area contributed by atoms with Crippen molar-refractivity contribution in [2.24, 2.45) is 0 Å². The molecule has 0 aliphatic carbocycles. The summed E-state index contributed by atoms with van der Waals surface area (Å²) in [6, 6.07) is 6.36. The number of rotatable bonds is 6. The maximum atomic E-state index is 11.7. The van der Waals surface area contributed by atoms with Crippen LogP contribution in [-0.4, -0.2) is 29.9 Å². The number of hydrogen-bond donors (Lipinski definition) is 1. The first-order valence-corrected chi connectivity index (χ1v) is 5.66. The Hall–Kier alpha value is -1.88. The van der Waals surface area contributed by atoms with Crippen LogP contribution in [0.15, 0.2) is 24.3 Å². The lowest BCUT2D eigenvalue weighted by molar-refractivity contribution is -0.136. The predicted molar refractivity (Wildman–Crippen MR) is 64.3 cm³/mol. The molecule has 98 valence electrons. The third kappa shape index (κ3) is 4.55. The highest BCUT2D eigenvalue weighted by Crippen LogP contribution is 2.09. The van der Waals surface area contributed by atoms with Crippen LogP contribution in [0, 0.1) is 0 Å². The summed E-state index contributed by atoms with van der Waals surface area (Å²) >= 11 is 0. The number of carbonyl (C=O) groups is 2. The Morgan fingerprint density at radius 1 is 1.39 bits per heavy atom. The Labute approximate surface area is 105 Å². The smallest absolute Gasteiger partial charge is 0.340 e. The molecular formula is C13H16O5. The van der Waals surface area contributed by atoms with Crippen LogP contribution >= 0.6 is 0 Å². The molecule has 1 rings (SSSR count). The molecule has 1 atom stereocenters. The minimum absolute atomic E-state index is 0.123. The molecule has 0 aromatic heterocycles. The van der Waals surface area contributed by atoms with Crippen molar-refractivity contribution in [3.8, 4) is 0 Å². The second-order valence-corrected chi connectivity index (χ2v) is 3.70. The van der Waals surface area contributed by atoms with Gasteiger partial charge in [0.25, 0.3) is 0 Å². The van der Waals surface area contributed by atoms with Gasteiger partial charge in [-0.05, 0) is 31.5 Å². The SMILES string of the molecule is CCOC(C)OC(=O)c1cccc(CC(=O)O)c1. The summed E-state index contributed by atoms with van der Waals surface area (Å²) in [4.78, 5) is 22.3. The van der Waals surface area contributed by atoms with Gasteiger partial charge in [-0.15, -0.1) is 0 Å². The van der Waals surface area contributed by atoms with Crippen LogP contribution in [0.25, 0.3) is 0 Å². The molecule has 0 amide bonds. The number of hydrogen-bond acceptors (Lipinski definition) is 4. The topological polar surface area (TPSA) is 72.8 Å². The van der Waals surface area contributed by atoms with E-state index in [0.29, 0.717) is 17.7 Å². The van der Waals surface area contributed by atoms with E-state index in [4.69, 9.17) is 14.6 Å². The van der Waals surface area contributed by atoms with E-state index in [1.165, 1.54) is 6.07 Å². The average molecular weight is 252 g/mol. The summed E-state index contributed by atoms with van der Waals surface area (Å²) in [7, 11) is 0. The van der Waals surface area contributed by atoms with Crippen molar-refractivity contribution in [2.45, 2.75) is 26.6 Å². The lowest BCUT2D eigenvalue weighted by Crippen LogP contribution is -2.18. The number of ether oxygens (including phenoxy) is 2. The van der Waals surface area contributed by atoms with Gasteiger partial charge in [-0.2, -0.15) is 0 Å². The molecular weight excluding hydrogens is 236 g/mol. The van der Waals surface area contributed by atoms with Crippen molar-refractivity contribution in [1.29, 1.82) is 0 Å². The van der Waals surface area contributed by atoms with E-state index in [9.17, 15) is 9.59 Å². The zero-order valence-electron chi connectivity index (χ0n) is 10.4. The van der Waals surface area contributed by atoms with E-state index in [1.54, 1.807) is 32.0 Å². The van der Waals surface area contributed by atoms with E-state index >= 15 is 0 Å². The highest BCUT2D eigenvalue weighted by atomic mass is 16.7. The lowest BCUT2D eigenvalue weighted by Gasteiger charge is -2.12. The number of carbonyl (C=O) groups excluding carboxylic acids is 1. The number of carboxylic acid groups (broad SMARTS) is 1. The molecule has 0 saturated carbocycles. The van der Waals surface area contributed by atoms with Gasteiger partial charge in [0.05, 0.1) is 12.0 Å². The Balaban J connectivity index is 2.70. The number of aliphatic carboxylic acids is 1. The van der Waals surface area contributed by atoms with E-state index in [1.807, 2.05) is 0 Å². The molecule has 0 aliphatic rings. The largest absolute Gasteiger partial charge is 0.481 e. The molecule has 1 aromatic carbocycles. The highest BCUT2D eigenvalue weighted by molar-refractivity contribution is 5.89. The van der Waals surface area contributed by atoms with Gasteiger partial charge in [0, 0.05) is 6.61 Å². The van der Waals surface area contributed by atoms with Gasteiger partial charge in [0.15, 0.2) is 6.29 Å². The molecule has 18 heavy (non-hydrogen) atoms. The molecule has 0 heterocycles. The van der Waals surface area contributed by atoms with Gasteiger partial charge in [0.2, 0.25) is 0 Å². The van der Waals surface area contributed by atoms with Gasteiger partial charge >= 0.3 is 11.9 Å². The van der Waals surface area contributed by atoms with Gasteiger partial charge in [-0.25, -0.2) is 4.79 Å². The third-order valence-corrected chi connectivity index (χ3v) is 2.19. The standard InChI is InChI=1S/C13H16O5/c1-3-17-9(2)18-13(16)11-6-4-5-10(7-11)8-12(14)15/h4-7,9H,3,8H2,1-2H3,(H,14,15). The molecule has 1 unspecified atom stereocenters. The normalized spacial score (nSPS) is 11.9. The Morgan fingerprint density at radius 2 is 2.11 bits per heavy atom. The quantitative estimate of drug-likeness (QED) is 0.618. The van der Waals surface area contributed by atoms with Crippen molar-refractivity contribution in [1.82, 2.24) is 0 Å². The van der Waals surface area contributed by atoms with Crippen molar-refractivity contribution in [3.63, 3.8) is 0 Å². The van der Waals surface area contributed by atoms with Crippen LogP contribution in [0.1, 0.15) is 29.8 Å². The first-order valence-electron chi connectivity index (χ1n) is 5.66. The minimum Gasteiger partial charge on any atom is -0.481 e. The minimum atomic E-state index is -0.941.